The van der Waals surface area contributed by atoms with Gasteiger partial charge < -0.3 is 32.9 Å². The van der Waals surface area contributed by atoms with Crippen LogP contribution in [0.4, 0.5) is 13.6 Å². The number of nitriles is 1. The smallest absolute Gasteiger partial charge is 0.410 e. The molecule has 0 aliphatic carbocycles. The average molecular weight is 667 g/mol. The number of hydrogen-bond donors (Lipinski definition) is 2. The van der Waals surface area contributed by atoms with Crippen LogP contribution >= 0.6 is 23.7 Å². The minimum Gasteiger partial charge on any atom is -1.00 e. The summed E-state index contributed by atoms with van der Waals surface area (Å²) in [7, 11) is 0. The number of quaternary nitrogens is 1. The zero-order valence-corrected chi connectivity index (χ0v) is 26.0. The summed E-state index contributed by atoms with van der Waals surface area (Å²) in [5, 5.41) is 28.1. The maximum Gasteiger partial charge on any atom is 0.410 e. The van der Waals surface area contributed by atoms with E-state index in [4.69, 9.17) is 20.7 Å². The van der Waals surface area contributed by atoms with Crippen LogP contribution in [0.25, 0.3) is 11.3 Å². The van der Waals surface area contributed by atoms with Gasteiger partial charge in [-0.2, -0.15) is 10.3 Å². The number of amides is 1. The number of aliphatic hydroxyl groups is 1. The number of ether oxygens (including phenoxy) is 1. The molecule has 3 aromatic rings. The number of nitrogens with zero attached hydrogens (tertiary/aromatic N) is 6. The third-order valence-corrected chi connectivity index (χ3v) is 8.67. The zero-order valence-electron chi connectivity index (χ0n) is 23.6. The number of rotatable bonds is 9. The fourth-order valence-corrected chi connectivity index (χ4v) is 6.14. The quantitative estimate of drug-likeness (QED) is 0.331. The van der Waals surface area contributed by atoms with Crippen molar-refractivity contribution in [2.75, 3.05) is 32.8 Å². The molecule has 234 valence electrons. The van der Waals surface area contributed by atoms with Crippen LogP contribution < -0.4 is 18.1 Å². The Morgan fingerprint density at radius 1 is 1.32 bits per heavy atom. The molecule has 10 nitrogen and oxygen atoms in total. The van der Waals surface area contributed by atoms with Gasteiger partial charge in [0, 0.05) is 41.6 Å². The third-order valence-electron chi connectivity index (χ3n) is 7.64. The molecule has 44 heavy (non-hydrogen) atoms. The summed E-state index contributed by atoms with van der Waals surface area (Å²) in [6.07, 6.45) is 2.97. The number of aromatic nitrogens is 1. The van der Waals surface area contributed by atoms with Gasteiger partial charge in [0.15, 0.2) is 11.9 Å². The highest BCUT2D eigenvalue weighted by Crippen LogP contribution is 2.42. The molecule has 0 saturated carbocycles. The van der Waals surface area contributed by atoms with Crippen molar-refractivity contribution in [2.45, 2.75) is 30.9 Å². The predicted octanol–water partition coefficient (Wildman–Crippen LogP) is 1.35. The normalized spacial score (nSPS) is 20.7. The lowest BCUT2D eigenvalue weighted by Gasteiger charge is -2.38. The second-order valence-corrected chi connectivity index (χ2v) is 11.4. The molecule has 0 bridgehead atoms. The standard InChI is InChI=1S/C29H30F2N7O3S.2ClH/c1-19(27-36-26(15-42-27)21-4-2-20(13-32)3-5-21)29(40,24-12-22(30)6-7-25(24)31)16-38(18-34-17-35-38)10-11-41-28(39)37-9-8-23(33)14-37;;/h2-7,12,15,17-19,23,40H,8-11,14,16,33H2,1H3;2*1H/q+1;;/p-1/t19-,23-,29+,38?;;/m0../s1. The average Bonchev–Trinajstić information content (AvgIpc) is 3.76. The second kappa shape index (κ2) is 14.5. The molecule has 0 radical (unpaired) electrons. The van der Waals surface area contributed by atoms with Crippen LogP contribution in [0.15, 0.2) is 57.9 Å². The largest absolute Gasteiger partial charge is 1.00 e. The Kier molecular flexibility index (Phi) is 11.5. The van der Waals surface area contributed by atoms with Gasteiger partial charge >= 0.3 is 6.09 Å². The Labute approximate surface area is 269 Å². The van der Waals surface area contributed by atoms with Crippen molar-refractivity contribution in [3.63, 3.8) is 0 Å². The molecule has 1 fully saturated rings. The predicted molar refractivity (Wildman–Crippen MR) is 161 cm³/mol. The third kappa shape index (κ3) is 7.40. The molecule has 5 rings (SSSR count). The van der Waals surface area contributed by atoms with E-state index >= 15 is 4.39 Å². The van der Waals surface area contributed by atoms with Gasteiger partial charge in [-0.3, -0.25) is 0 Å². The number of hydrogen-bond acceptors (Lipinski definition) is 9. The van der Waals surface area contributed by atoms with E-state index in [2.05, 4.69) is 16.2 Å². The summed E-state index contributed by atoms with van der Waals surface area (Å²) in [6.45, 7) is 2.39. The molecule has 2 aliphatic rings. The van der Waals surface area contributed by atoms with Crippen LogP contribution in [0.2, 0.25) is 0 Å². The molecule has 2 aliphatic heterocycles. The maximum atomic E-state index is 15.3. The van der Waals surface area contributed by atoms with Crippen LogP contribution in [0, 0.1) is 23.0 Å². The first-order chi connectivity index (χ1) is 20.1. The van der Waals surface area contributed by atoms with E-state index in [9.17, 15) is 14.3 Å². The molecule has 1 unspecified atom stereocenters. The molecule has 0 spiro atoms. The van der Waals surface area contributed by atoms with Gasteiger partial charge in [0.1, 0.15) is 31.3 Å². The summed E-state index contributed by atoms with van der Waals surface area (Å²) < 4.78 is 34.9. The highest BCUT2D eigenvalue weighted by Gasteiger charge is 2.49. The van der Waals surface area contributed by atoms with Crippen molar-refractivity contribution in [2.24, 2.45) is 15.8 Å². The Hall–Kier alpha value is -3.51. The van der Waals surface area contributed by atoms with Crippen LogP contribution in [-0.2, 0) is 10.3 Å². The number of aliphatic imine (C=N–C) groups is 1. The molecule has 1 aromatic heterocycles. The van der Waals surface area contributed by atoms with Crippen LogP contribution in [-0.4, -0.2) is 77.2 Å². The molecule has 1 amide bonds. The molecular weight excluding hydrogens is 635 g/mol. The van der Waals surface area contributed by atoms with Gasteiger partial charge in [-0.25, -0.2) is 18.6 Å². The van der Waals surface area contributed by atoms with Crippen molar-refractivity contribution in [3.05, 3.63) is 75.6 Å². The van der Waals surface area contributed by atoms with Gasteiger partial charge in [0.05, 0.1) is 22.3 Å². The molecular formula is C29H31Cl2F2N7O3S. The number of halogens is 4. The number of likely N-dealkylation sites (tertiary alicyclic amines) is 1. The van der Waals surface area contributed by atoms with Crippen molar-refractivity contribution in [1.82, 2.24) is 9.88 Å². The molecule has 4 atom stereocenters. The van der Waals surface area contributed by atoms with Crippen molar-refractivity contribution >= 4 is 42.5 Å². The summed E-state index contributed by atoms with van der Waals surface area (Å²) in [6, 6.07) is 11.8. The fraction of sp³-hybridized carbons (Fsp3) is 0.345. The van der Waals surface area contributed by atoms with Gasteiger partial charge in [-0.1, -0.05) is 24.2 Å². The van der Waals surface area contributed by atoms with Crippen molar-refractivity contribution in [3.8, 4) is 17.3 Å². The summed E-state index contributed by atoms with van der Waals surface area (Å²) in [5.41, 5.74) is 5.53. The van der Waals surface area contributed by atoms with Gasteiger partial charge in [0.25, 0.3) is 0 Å². The lowest BCUT2D eigenvalue weighted by Crippen LogP contribution is -3.00. The second-order valence-electron chi connectivity index (χ2n) is 10.5. The summed E-state index contributed by atoms with van der Waals surface area (Å²) in [5.74, 6) is -2.32. The maximum absolute atomic E-state index is 15.3. The first-order valence-corrected chi connectivity index (χ1v) is 14.3. The number of carbonyl (C=O) groups is 1. The van der Waals surface area contributed by atoms with Crippen LogP contribution in [0.3, 0.4) is 0 Å². The Morgan fingerprint density at radius 3 is 2.70 bits per heavy atom. The summed E-state index contributed by atoms with van der Waals surface area (Å²) >= 11 is 1.27. The van der Waals surface area contributed by atoms with Crippen LogP contribution in [0.5, 0.6) is 0 Å². The minimum atomic E-state index is -2.01. The highest BCUT2D eigenvalue weighted by molar-refractivity contribution is 7.10. The number of benzene rings is 2. The first-order valence-electron chi connectivity index (χ1n) is 13.4. The van der Waals surface area contributed by atoms with E-state index in [1.54, 1.807) is 36.6 Å². The first kappa shape index (κ1) is 35.0. The molecule has 15 heteroatoms. The van der Waals surface area contributed by atoms with Crippen molar-refractivity contribution in [1.29, 1.82) is 5.26 Å². The molecule has 2 aromatic carbocycles. The van der Waals surface area contributed by atoms with E-state index in [1.165, 1.54) is 28.9 Å². The number of thiazole rings is 1. The Balaban J connectivity index is 0.00000264. The van der Waals surface area contributed by atoms with Crippen molar-refractivity contribution < 1.29 is 40.4 Å². The minimum absolute atomic E-state index is 0. The monoisotopic (exact) mass is 665 g/mol. The van der Waals surface area contributed by atoms with Crippen LogP contribution in [0.1, 0.15) is 35.4 Å². The lowest BCUT2D eigenvalue weighted by atomic mass is 9.81. The van der Waals surface area contributed by atoms with Gasteiger partial charge in [-0.15, -0.1) is 28.3 Å². The lowest BCUT2D eigenvalue weighted by molar-refractivity contribution is -0.848. The van der Waals surface area contributed by atoms with Gasteiger partial charge in [-0.05, 0) is 36.8 Å². The zero-order chi connectivity index (χ0) is 29.9. The molecule has 1 saturated heterocycles. The van der Waals surface area contributed by atoms with Gasteiger partial charge in [0.2, 0.25) is 6.34 Å². The van der Waals surface area contributed by atoms with E-state index in [0.717, 1.165) is 23.8 Å². The Morgan fingerprint density at radius 2 is 2.07 bits per heavy atom. The Bertz CT molecular complexity index is 1550. The molecule has 3 N–H and O–H groups in total. The fourth-order valence-electron chi connectivity index (χ4n) is 5.17. The number of carbonyl (C=O) groups excluding carboxylic acids is 1. The number of nitrogens with two attached hydrogens (primary N) is 1. The van der Waals surface area contributed by atoms with E-state index in [0.29, 0.717) is 35.8 Å². The van der Waals surface area contributed by atoms with E-state index < -0.39 is 29.2 Å². The van der Waals surface area contributed by atoms with E-state index in [1.807, 2.05) is 0 Å². The summed E-state index contributed by atoms with van der Waals surface area (Å²) in [4.78, 5) is 22.9. The van der Waals surface area contributed by atoms with E-state index in [-0.39, 0.29) is 60.7 Å². The molecule has 3 heterocycles. The SMILES string of the molecule is C[C@@H](c1nc(-c2ccc(C#N)cc2)cs1)[C@](O)(C[N+]1(CCOC(=O)N2CC[C@H](N)C2)C=NC=N1)c1cc(F)ccc1F.Cl.[Cl-]. The topological polar surface area (TPSA) is 137 Å². The highest BCUT2D eigenvalue weighted by atomic mass is 35.5.